The number of nitrogens with two attached hydrogens (primary N) is 1. The minimum Gasteiger partial charge on any atom is -0.481 e. The molecule has 0 spiro atoms. The molecule has 0 saturated heterocycles. The number of carboxylic acids is 2. The second kappa shape index (κ2) is 3.57. The van der Waals surface area contributed by atoms with Crippen molar-refractivity contribution in [1.82, 2.24) is 0 Å². The molecular weight excluding hydrogens is 222 g/mol. The van der Waals surface area contributed by atoms with Gasteiger partial charge in [-0.2, -0.15) is 0 Å². The van der Waals surface area contributed by atoms with Gasteiger partial charge in [0.1, 0.15) is 5.54 Å². The van der Waals surface area contributed by atoms with Crippen LogP contribution >= 0.6 is 0 Å². The Kier molecular flexibility index (Phi) is 2.54. The lowest BCUT2D eigenvalue weighted by atomic mass is 9.65. The molecule has 4 N–H and O–H groups in total. The molecule has 0 aromatic carbocycles. The monoisotopic (exact) mass is 239 g/mol. The third-order valence-electron chi connectivity index (χ3n) is 3.84. The molecule has 1 unspecified atom stereocenters. The Morgan fingerprint density at radius 3 is 2.35 bits per heavy atom. The van der Waals surface area contributed by atoms with Crippen LogP contribution in [-0.2, 0) is 9.59 Å². The topological polar surface area (TPSA) is 101 Å². The van der Waals surface area contributed by atoms with Crippen LogP contribution in [0.4, 0.5) is 0 Å². The fourth-order valence-corrected chi connectivity index (χ4v) is 2.95. The molecule has 0 radical (unpaired) electrons. The van der Waals surface area contributed by atoms with E-state index in [0.717, 1.165) is 18.4 Å². The molecule has 1 saturated carbocycles. The van der Waals surface area contributed by atoms with Crippen LogP contribution in [0.1, 0.15) is 32.6 Å². The van der Waals surface area contributed by atoms with Gasteiger partial charge in [0.25, 0.3) is 0 Å². The molecule has 0 bridgehead atoms. The standard InChI is InChI=1S/C12H17NO4/c1-7-4-11(9(14)15,8-2-3-8)6-12(13,5-7)10(16)17/h4,8H,2-3,5-6,13H2,1H3,(H,14,15)(H,16,17)/t11-,12?/m0/s1. The van der Waals surface area contributed by atoms with Crippen LogP contribution in [0.15, 0.2) is 11.6 Å². The number of carboxylic acid groups (broad SMARTS) is 2. The van der Waals surface area contributed by atoms with Gasteiger partial charge in [-0.25, -0.2) is 0 Å². The fraction of sp³-hybridized carbons (Fsp3) is 0.667. The van der Waals surface area contributed by atoms with E-state index in [1.165, 1.54) is 0 Å². The first-order chi connectivity index (χ1) is 7.80. The number of aliphatic carboxylic acids is 2. The summed E-state index contributed by atoms with van der Waals surface area (Å²) in [5.41, 5.74) is 4.11. The second-order valence-electron chi connectivity index (χ2n) is 5.43. The van der Waals surface area contributed by atoms with Crippen LogP contribution in [0.3, 0.4) is 0 Å². The number of carbonyl (C=O) groups is 2. The highest BCUT2D eigenvalue weighted by Gasteiger charge is 2.57. The summed E-state index contributed by atoms with van der Waals surface area (Å²) in [7, 11) is 0. The Morgan fingerprint density at radius 2 is 1.94 bits per heavy atom. The lowest BCUT2D eigenvalue weighted by Crippen LogP contribution is -2.55. The molecule has 0 heterocycles. The molecule has 1 fully saturated rings. The van der Waals surface area contributed by atoms with Crippen molar-refractivity contribution < 1.29 is 19.8 Å². The third kappa shape index (κ3) is 1.84. The Hall–Kier alpha value is -1.36. The predicted octanol–water partition coefficient (Wildman–Crippen LogP) is 0.990. The van der Waals surface area contributed by atoms with Gasteiger partial charge in [0, 0.05) is 0 Å². The second-order valence-corrected chi connectivity index (χ2v) is 5.43. The molecule has 2 aliphatic rings. The number of hydrogen-bond donors (Lipinski definition) is 3. The summed E-state index contributed by atoms with van der Waals surface area (Å²) < 4.78 is 0. The molecule has 0 aromatic heterocycles. The third-order valence-corrected chi connectivity index (χ3v) is 3.84. The fourth-order valence-electron chi connectivity index (χ4n) is 2.95. The van der Waals surface area contributed by atoms with Crippen LogP contribution in [0.25, 0.3) is 0 Å². The largest absolute Gasteiger partial charge is 0.481 e. The molecule has 0 aliphatic heterocycles. The summed E-state index contributed by atoms with van der Waals surface area (Å²) in [6, 6.07) is 0. The van der Waals surface area contributed by atoms with Crippen LogP contribution < -0.4 is 5.73 Å². The quantitative estimate of drug-likeness (QED) is 0.637. The highest BCUT2D eigenvalue weighted by molar-refractivity contribution is 5.84. The molecule has 2 aliphatic carbocycles. The highest BCUT2D eigenvalue weighted by atomic mass is 16.4. The Labute approximate surface area is 99.3 Å². The van der Waals surface area contributed by atoms with E-state index >= 15 is 0 Å². The summed E-state index contributed by atoms with van der Waals surface area (Å²) in [5.74, 6) is -2.02. The van der Waals surface area contributed by atoms with Gasteiger partial charge in [0.05, 0.1) is 5.41 Å². The Morgan fingerprint density at radius 1 is 1.35 bits per heavy atom. The molecule has 0 amide bonds. The van der Waals surface area contributed by atoms with Crippen molar-refractivity contribution >= 4 is 11.9 Å². The maximum atomic E-state index is 11.5. The van der Waals surface area contributed by atoms with Crippen molar-refractivity contribution in [3.05, 3.63) is 11.6 Å². The van der Waals surface area contributed by atoms with Gasteiger partial charge in [-0.3, -0.25) is 9.59 Å². The molecule has 5 nitrogen and oxygen atoms in total. The van der Waals surface area contributed by atoms with Crippen molar-refractivity contribution in [3.63, 3.8) is 0 Å². The van der Waals surface area contributed by atoms with Gasteiger partial charge in [-0.15, -0.1) is 0 Å². The average molecular weight is 239 g/mol. The Balaban J connectivity index is 2.44. The van der Waals surface area contributed by atoms with Crippen LogP contribution in [0, 0.1) is 11.3 Å². The van der Waals surface area contributed by atoms with Gasteiger partial charge >= 0.3 is 11.9 Å². The van der Waals surface area contributed by atoms with Crippen molar-refractivity contribution in [1.29, 1.82) is 0 Å². The summed E-state index contributed by atoms with van der Waals surface area (Å²) in [4.78, 5) is 22.8. The minimum absolute atomic E-state index is 0.00727. The maximum absolute atomic E-state index is 11.5. The van der Waals surface area contributed by atoms with E-state index in [0.29, 0.717) is 0 Å². The zero-order chi connectivity index (χ0) is 12.8. The SMILES string of the molecule is CC1=C[C@@](C(=O)O)(C2CC2)CC(N)(C(=O)O)C1. The molecule has 0 aromatic rings. The smallest absolute Gasteiger partial charge is 0.324 e. The van der Waals surface area contributed by atoms with Gasteiger partial charge in [0.2, 0.25) is 0 Å². The zero-order valence-corrected chi connectivity index (χ0v) is 9.77. The molecule has 94 valence electrons. The van der Waals surface area contributed by atoms with Crippen molar-refractivity contribution in [2.75, 3.05) is 0 Å². The first kappa shape index (κ1) is 12.1. The summed E-state index contributed by atoms with van der Waals surface area (Å²) >= 11 is 0. The van der Waals surface area contributed by atoms with Gasteiger partial charge in [-0.05, 0) is 38.5 Å². The predicted molar refractivity (Wildman–Crippen MR) is 60.3 cm³/mol. The van der Waals surface area contributed by atoms with E-state index in [9.17, 15) is 19.8 Å². The molecule has 2 atom stereocenters. The van der Waals surface area contributed by atoms with Crippen LogP contribution in [0.2, 0.25) is 0 Å². The molecule has 17 heavy (non-hydrogen) atoms. The number of rotatable bonds is 3. The molecular formula is C12H17NO4. The van der Waals surface area contributed by atoms with Crippen LogP contribution in [0.5, 0.6) is 0 Å². The summed E-state index contributed by atoms with van der Waals surface area (Å²) in [6.07, 6.45) is 3.62. The van der Waals surface area contributed by atoms with Gasteiger partial charge in [0.15, 0.2) is 0 Å². The summed E-state index contributed by atoms with van der Waals surface area (Å²) in [5, 5.41) is 18.6. The van der Waals surface area contributed by atoms with E-state index < -0.39 is 22.9 Å². The minimum atomic E-state index is -1.44. The van der Waals surface area contributed by atoms with E-state index in [-0.39, 0.29) is 18.8 Å². The van der Waals surface area contributed by atoms with E-state index in [2.05, 4.69) is 0 Å². The molecule has 2 rings (SSSR count). The Bertz CT molecular complexity index is 413. The van der Waals surface area contributed by atoms with Crippen molar-refractivity contribution in [2.45, 2.75) is 38.1 Å². The van der Waals surface area contributed by atoms with E-state index in [1.807, 2.05) is 0 Å². The maximum Gasteiger partial charge on any atom is 0.324 e. The van der Waals surface area contributed by atoms with Gasteiger partial charge < -0.3 is 15.9 Å². The first-order valence-corrected chi connectivity index (χ1v) is 5.74. The highest BCUT2D eigenvalue weighted by Crippen LogP contribution is 2.54. The van der Waals surface area contributed by atoms with Crippen LogP contribution in [-0.4, -0.2) is 27.7 Å². The van der Waals surface area contributed by atoms with Gasteiger partial charge in [-0.1, -0.05) is 11.6 Å². The lowest BCUT2D eigenvalue weighted by molar-refractivity contribution is -0.152. The molecule has 5 heteroatoms. The van der Waals surface area contributed by atoms with E-state index in [4.69, 9.17) is 5.73 Å². The normalized spacial score (nSPS) is 37.4. The first-order valence-electron chi connectivity index (χ1n) is 5.74. The van der Waals surface area contributed by atoms with Crippen molar-refractivity contribution in [3.8, 4) is 0 Å². The lowest BCUT2D eigenvalue weighted by Gasteiger charge is -2.39. The number of hydrogen-bond acceptors (Lipinski definition) is 3. The van der Waals surface area contributed by atoms with Crippen molar-refractivity contribution in [2.24, 2.45) is 17.1 Å². The van der Waals surface area contributed by atoms with E-state index in [1.54, 1.807) is 13.0 Å². The average Bonchev–Trinajstić information content (AvgIpc) is 2.98. The zero-order valence-electron chi connectivity index (χ0n) is 9.77. The summed E-state index contributed by atoms with van der Waals surface area (Å²) in [6.45, 7) is 1.75.